The number of rotatable bonds is 2. The summed E-state index contributed by atoms with van der Waals surface area (Å²) in [4.78, 5) is 14.6. The van der Waals surface area contributed by atoms with E-state index in [0.717, 1.165) is 11.3 Å². The Balaban J connectivity index is 2.71. The van der Waals surface area contributed by atoms with Gasteiger partial charge in [-0.15, -0.1) is 0 Å². The molecular formula is C14H17NO. The van der Waals surface area contributed by atoms with E-state index in [2.05, 4.69) is 31.0 Å². The Kier molecular flexibility index (Phi) is 2.58. The average Bonchev–Trinajstić information content (AvgIpc) is 2.51. The van der Waals surface area contributed by atoms with Gasteiger partial charge in [0.25, 0.3) is 0 Å². The van der Waals surface area contributed by atoms with Crippen molar-refractivity contribution < 1.29 is 4.79 Å². The maximum atomic E-state index is 11.2. The summed E-state index contributed by atoms with van der Waals surface area (Å²) in [6.45, 7) is 7.90. The molecule has 0 saturated carbocycles. The van der Waals surface area contributed by atoms with Gasteiger partial charge in [0.05, 0.1) is 0 Å². The number of H-pyrrole nitrogens is 1. The van der Waals surface area contributed by atoms with Crippen molar-refractivity contribution >= 4 is 16.7 Å². The quantitative estimate of drug-likeness (QED) is 0.819. The third kappa shape index (κ3) is 1.64. The number of aromatic nitrogens is 1. The van der Waals surface area contributed by atoms with Crippen molar-refractivity contribution in [2.45, 2.75) is 34.1 Å². The molecular weight excluding hydrogens is 198 g/mol. The number of hydrogen-bond acceptors (Lipinski definition) is 1. The molecule has 0 aliphatic carbocycles. The number of fused-ring (bicyclic) bond motifs is 1. The predicted octanol–water partition coefficient (Wildman–Crippen LogP) is 3.22. The van der Waals surface area contributed by atoms with Crippen molar-refractivity contribution in [3.8, 4) is 0 Å². The maximum absolute atomic E-state index is 11.2. The van der Waals surface area contributed by atoms with E-state index >= 15 is 0 Å². The fraction of sp³-hybridized carbons (Fsp3) is 0.357. The highest BCUT2D eigenvalue weighted by Gasteiger charge is 2.12. The van der Waals surface area contributed by atoms with Crippen LogP contribution >= 0.6 is 0 Å². The van der Waals surface area contributed by atoms with E-state index in [1.165, 1.54) is 22.0 Å². The van der Waals surface area contributed by atoms with E-state index in [1.54, 1.807) is 6.92 Å². The van der Waals surface area contributed by atoms with Crippen molar-refractivity contribution in [2.24, 2.45) is 0 Å². The fourth-order valence-corrected chi connectivity index (χ4v) is 2.17. The molecule has 1 aromatic carbocycles. The van der Waals surface area contributed by atoms with E-state index in [9.17, 15) is 4.79 Å². The molecule has 0 radical (unpaired) electrons. The molecule has 0 aliphatic heterocycles. The first kappa shape index (κ1) is 10.9. The van der Waals surface area contributed by atoms with Crippen LogP contribution in [0.15, 0.2) is 12.1 Å². The van der Waals surface area contributed by atoms with Gasteiger partial charge >= 0.3 is 0 Å². The number of ketones is 1. The Morgan fingerprint density at radius 1 is 1.25 bits per heavy atom. The van der Waals surface area contributed by atoms with Crippen molar-refractivity contribution in [2.75, 3.05) is 0 Å². The van der Waals surface area contributed by atoms with Crippen LogP contribution in [0.4, 0.5) is 0 Å². The van der Waals surface area contributed by atoms with Crippen LogP contribution in [0, 0.1) is 20.8 Å². The van der Waals surface area contributed by atoms with E-state index < -0.39 is 0 Å². The Morgan fingerprint density at radius 3 is 2.56 bits per heavy atom. The lowest BCUT2D eigenvalue weighted by Gasteiger charge is -2.02. The van der Waals surface area contributed by atoms with E-state index in [4.69, 9.17) is 0 Å². The van der Waals surface area contributed by atoms with Gasteiger partial charge in [0.15, 0.2) is 0 Å². The van der Waals surface area contributed by atoms with Gasteiger partial charge in [-0.3, -0.25) is 4.79 Å². The Bertz CT molecular complexity index is 564. The number of hydrogen-bond donors (Lipinski definition) is 1. The van der Waals surface area contributed by atoms with Gasteiger partial charge in [-0.25, -0.2) is 0 Å². The van der Waals surface area contributed by atoms with Gasteiger partial charge in [-0.2, -0.15) is 0 Å². The molecule has 2 nitrogen and oxygen atoms in total. The Morgan fingerprint density at radius 2 is 1.94 bits per heavy atom. The molecule has 1 aromatic heterocycles. The lowest BCUT2D eigenvalue weighted by molar-refractivity contribution is -0.116. The molecule has 1 heterocycles. The third-order valence-corrected chi connectivity index (χ3v) is 3.25. The second-order valence-corrected chi connectivity index (χ2v) is 4.54. The first-order valence-corrected chi connectivity index (χ1v) is 5.57. The van der Waals surface area contributed by atoms with Crippen molar-refractivity contribution in [1.82, 2.24) is 4.98 Å². The first-order chi connectivity index (χ1) is 7.50. The number of nitrogens with one attached hydrogen (secondary N) is 1. The first-order valence-electron chi connectivity index (χ1n) is 5.57. The molecule has 0 amide bonds. The summed E-state index contributed by atoms with van der Waals surface area (Å²) in [6, 6.07) is 4.23. The Hall–Kier alpha value is -1.57. The minimum Gasteiger partial charge on any atom is -0.358 e. The summed E-state index contributed by atoms with van der Waals surface area (Å²) in [7, 11) is 0. The average molecular weight is 215 g/mol. The van der Waals surface area contributed by atoms with Gasteiger partial charge in [-0.1, -0.05) is 12.1 Å². The fourth-order valence-electron chi connectivity index (χ4n) is 2.17. The lowest BCUT2D eigenvalue weighted by Crippen LogP contribution is -1.97. The highest BCUT2D eigenvalue weighted by molar-refractivity contribution is 5.92. The largest absolute Gasteiger partial charge is 0.358 e. The lowest BCUT2D eigenvalue weighted by atomic mass is 10.0. The molecule has 84 valence electrons. The second kappa shape index (κ2) is 3.78. The van der Waals surface area contributed by atoms with Crippen molar-refractivity contribution in [1.29, 1.82) is 0 Å². The molecule has 0 saturated heterocycles. The SMILES string of the molecule is CC(=O)Cc1c(C)[nH]c2c(C)c(C)ccc12. The Labute approximate surface area is 95.7 Å². The zero-order chi connectivity index (χ0) is 11.9. The summed E-state index contributed by atoms with van der Waals surface area (Å²) in [5.41, 5.74) is 5.98. The van der Waals surface area contributed by atoms with Crippen LogP contribution in [0.1, 0.15) is 29.3 Å². The molecule has 1 N–H and O–H groups in total. The molecule has 2 aromatic rings. The van der Waals surface area contributed by atoms with Crippen LogP contribution < -0.4 is 0 Å². The van der Waals surface area contributed by atoms with Crippen LogP contribution in [0.25, 0.3) is 10.9 Å². The maximum Gasteiger partial charge on any atom is 0.134 e. The summed E-state index contributed by atoms with van der Waals surface area (Å²) >= 11 is 0. The molecule has 0 spiro atoms. The molecule has 0 atom stereocenters. The summed E-state index contributed by atoms with van der Waals surface area (Å²) in [5, 5.41) is 1.19. The predicted molar refractivity (Wildman–Crippen MR) is 66.9 cm³/mol. The van der Waals surface area contributed by atoms with Gasteiger partial charge in [0.2, 0.25) is 0 Å². The highest BCUT2D eigenvalue weighted by Crippen LogP contribution is 2.27. The summed E-state index contributed by atoms with van der Waals surface area (Å²) in [5.74, 6) is 0.210. The number of aromatic amines is 1. The molecule has 16 heavy (non-hydrogen) atoms. The van der Waals surface area contributed by atoms with Gasteiger partial charge in [0, 0.05) is 23.0 Å². The number of carbonyl (C=O) groups is 1. The summed E-state index contributed by atoms with van der Waals surface area (Å²) < 4.78 is 0. The number of carbonyl (C=O) groups excluding carboxylic acids is 1. The topological polar surface area (TPSA) is 32.9 Å². The number of Topliss-reactive ketones (excluding diaryl/α,β-unsaturated/α-hetero) is 1. The van der Waals surface area contributed by atoms with Crippen molar-refractivity contribution in [3.05, 3.63) is 34.5 Å². The minimum atomic E-state index is 0.210. The molecule has 2 rings (SSSR count). The van der Waals surface area contributed by atoms with Crippen LogP contribution in [0.2, 0.25) is 0 Å². The zero-order valence-electron chi connectivity index (χ0n) is 10.3. The summed E-state index contributed by atoms with van der Waals surface area (Å²) in [6.07, 6.45) is 0.522. The van der Waals surface area contributed by atoms with Gasteiger partial charge in [-0.05, 0) is 44.4 Å². The molecule has 0 unspecified atom stereocenters. The van der Waals surface area contributed by atoms with Crippen LogP contribution in [-0.2, 0) is 11.2 Å². The van der Waals surface area contributed by atoms with E-state index in [1.807, 2.05) is 6.92 Å². The van der Waals surface area contributed by atoms with Gasteiger partial charge < -0.3 is 4.98 Å². The highest BCUT2D eigenvalue weighted by atomic mass is 16.1. The van der Waals surface area contributed by atoms with Gasteiger partial charge in [0.1, 0.15) is 5.78 Å². The molecule has 0 fully saturated rings. The van der Waals surface area contributed by atoms with Crippen LogP contribution in [0.3, 0.4) is 0 Å². The standard InChI is InChI=1S/C14H17NO/c1-8-5-6-12-13(7-9(2)16)11(4)15-14(12)10(8)3/h5-6,15H,7H2,1-4H3. The smallest absolute Gasteiger partial charge is 0.134 e. The molecule has 0 bridgehead atoms. The van der Waals surface area contributed by atoms with Crippen LogP contribution in [-0.4, -0.2) is 10.8 Å². The molecule has 2 heteroatoms. The number of benzene rings is 1. The van der Waals surface area contributed by atoms with Crippen molar-refractivity contribution in [3.63, 3.8) is 0 Å². The zero-order valence-corrected chi connectivity index (χ0v) is 10.3. The minimum absolute atomic E-state index is 0.210. The third-order valence-electron chi connectivity index (χ3n) is 3.25. The normalized spacial score (nSPS) is 11.0. The van der Waals surface area contributed by atoms with E-state index in [0.29, 0.717) is 6.42 Å². The van der Waals surface area contributed by atoms with E-state index in [-0.39, 0.29) is 5.78 Å². The monoisotopic (exact) mass is 215 g/mol. The molecule has 0 aliphatic rings. The van der Waals surface area contributed by atoms with Crippen LogP contribution in [0.5, 0.6) is 0 Å². The second-order valence-electron chi connectivity index (χ2n) is 4.54. The number of aryl methyl sites for hydroxylation is 3.